The number of carbonyl (C=O) groups excluding carboxylic acids is 2. The van der Waals surface area contributed by atoms with E-state index in [0.717, 1.165) is 51.4 Å². The lowest BCUT2D eigenvalue weighted by molar-refractivity contribution is -0.145. The first kappa shape index (κ1) is 31.3. The summed E-state index contributed by atoms with van der Waals surface area (Å²) in [5.74, 6) is 0.339. The molecule has 0 heterocycles. The predicted molar refractivity (Wildman–Crippen MR) is 143 cm³/mol. The van der Waals surface area contributed by atoms with Crippen LogP contribution in [0.5, 0.6) is 5.75 Å². The number of ether oxygens (including phenoxy) is 3. The first-order valence-corrected chi connectivity index (χ1v) is 14.2. The summed E-state index contributed by atoms with van der Waals surface area (Å²) in [6.45, 7) is 3.32. The molecule has 35 heavy (non-hydrogen) atoms. The summed E-state index contributed by atoms with van der Waals surface area (Å²) >= 11 is 6.01. The molecule has 0 N–H and O–H groups in total. The SMILES string of the molecule is CCCCCCCCCCCOC(=O)CCCCCCCCC(=O)OCCOc1ccccc1Cl. The molecule has 0 saturated heterocycles. The maximum absolute atomic E-state index is 11.8. The number of esters is 2. The number of benzene rings is 1. The Morgan fingerprint density at radius 2 is 1.11 bits per heavy atom. The fourth-order valence-electron chi connectivity index (χ4n) is 3.86. The van der Waals surface area contributed by atoms with E-state index in [1.54, 1.807) is 12.1 Å². The van der Waals surface area contributed by atoms with E-state index in [-0.39, 0.29) is 25.2 Å². The average molecular weight is 511 g/mol. The molecule has 1 rings (SSSR count). The van der Waals surface area contributed by atoms with Crippen LogP contribution in [0.3, 0.4) is 0 Å². The Balaban J connectivity index is 1.81. The maximum Gasteiger partial charge on any atom is 0.305 e. The fraction of sp³-hybridized carbons (Fsp3) is 0.724. The number of halogens is 1. The molecule has 0 aliphatic heterocycles. The van der Waals surface area contributed by atoms with Crippen LogP contribution in [0, 0.1) is 0 Å². The fourth-order valence-corrected chi connectivity index (χ4v) is 4.05. The second-order valence-electron chi connectivity index (χ2n) is 9.17. The van der Waals surface area contributed by atoms with Crippen LogP contribution in [-0.2, 0) is 19.1 Å². The molecule has 0 aromatic heterocycles. The molecule has 0 amide bonds. The molecule has 0 radical (unpaired) electrons. The van der Waals surface area contributed by atoms with Crippen molar-refractivity contribution in [3.8, 4) is 5.75 Å². The van der Waals surface area contributed by atoms with Gasteiger partial charge in [-0.1, -0.05) is 108 Å². The van der Waals surface area contributed by atoms with Crippen molar-refractivity contribution in [2.24, 2.45) is 0 Å². The predicted octanol–water partition coefficient (Wildman–Crippen LogP) is 8.46. The molecule has 0 atom stereocenters. The Kier molecular flexibility index (Phi) is 20.3. The first-order valence-electron chi connectivity index (χ1n) is 13.8. The summed E-state index contributed by atoms with van der Waals surface area (Å²) in [5.41, 5.74) is 0. The van der Waals surface area contributed by atoms with E-state index in [1.807, 2.05) is 12.1 Å². The average Bonchev–Trinajstić information content (AvgIpc) is 2.85. The van der Waals surface area contributed by atoms with E-state index in [2.05, 4.69) is 6.92 Å². The lowest BCUT2D eigenvalue weighted by Crippen LogP contribution is -2.12. The van der Waals surface area contributed by atoms with Gasteiger partial charge >= 0.3 is 11.9 Å². The summed E-state index contributed by atoms with van der Waals surface area (Å²) in [5, 5.41) is 0.546. The highest BCUT2D eigenvalue weighted by molar-refractivity contribution is 6.32. The number of hydrogen-bond donors (Lipinski definition) is 0. The second kappa shape index (κ2) is 22.7. The Labute approximate surface area is 218 Å². The largest absolute Gasteiger partial charge is 0.488 e. The van der Waals surface area contributed by atoms with Crippen molar-refractivity contribution >= 4 is 23.5 Å². The van der Waals surface area contributed by atoms with Crippen molar-refractivity contribution in [3.05, 3.63) is 29.3 Å². The Morgan fingerprint density at radius 3 is 1.69 bits per heavy atom. The van der Waals surface area contributed by atoms with E-state index in [1.165, 1.54) is 44.9 Å². The molecule has 1 aromatic carbocycles. The van der Waals surface area contributed by atoms with Gasteiger partial charge in [-0.2, -0.15) is 0 Å². The third-order valence-electron chi connectivity index (χ3n) is 5.96. The molecule has 0 unspecified atom stereocenters. The van der Waals surface area contributed by atoms with Crippen LogP contribution in [0.15, 0.2) is 24.3 Å². The summed E-state index contributed by atoms with van der Waals surface area (Å²) in [6.07, 6.45) is 18.2. The first-order chi connectivity index (χ1) is 17.1. The molecule has 0 bridgehead atoms. The van der Waals surface area contributed by atoms with Crippen molar-refractivity contribution in [3.63, 3.8) is 0 Å². The van der Waals surface area contributed by atoms with Gasteiger partial charge in [-0.25, -0.2) is 0 Å². The lowest BCUT2D eigenvalue weighted by Gasteiger charge is -2.08. The molecule has 0 saturated carbocycles. The van der Waals surface area contributed by atoms with Crippen molar-refractivity contribution in [2.75, 3.05) is 19.8 Å². The van der Waals surface area contributed by atoms with Crippen molar-refractivity contribution in [1.29, 1.82) is 0 Å². The van der Waals surface area contributed by atoms with Gasteiger partial charge in [-0.3, -0.25) is 9.59 Å². The van der Waals surface area contributed by atoms with E-state index in [9.17, 15) is 9.59 Å². The minimum absolute atomic E-state index is 0.0640. The van der Waals surface area contributed by atoms with Gasteiger partial charge < -0.3 is 14.2 Å². The Bertz CT molecular complexity index is 664. The van der Waals surface area contributed by atoms with Crippen molar-refractivity contribution in [2.45, 2.75) is 116 Å². The van der Waals surface area contributed by atoms with Gasteiger partial charge in [0.25, 0.3) is 0 Å². The number of hydrogen-bond acceptors (Lipinski definition) is 5. The molecular formula is C29H47ClO5. The number of carbonyl (C=O) groups is 2. The maximum atomic E-state index is 11.8. The highest BCUT2D eigenvalue weighted by Gasteiger charge is 2.05. The summed E-state index contributed by atoms with van der Waals surface area (Å²) in [4.78, 5) is 23.6. The number of para-hydroxylation sites is 1. The molecule has 0 spiro atoms. The van der Waals surface area contributed by atoms with Crippen LogP contribution >= 0.6 is 11.6 Å². The Hall–Kier alpha value is -1.75. The second-order valence-corrected chi connectivity index (χ2v) is 9.58. The molecule has 0 aliphatic rings. The zero-order chi connectivity index (χ0) is 25.4. The normalized spacial score (nSPS) is 10.8. The number of rotatable bonds is 23. The summed E-state index contributed by atoms with van der Waals surface area (Å²) in [6, 6.07) is 7.22. The van der Waals surface area contributed by atoms with Gasteiger partial charge in [0, 0.05) is 12.8 Å². The summed E-state index contributed by atoms with van der Waals surface area (Å²) in [7, 11) is 0. The number of unbranched alkanes of at least 4 members (excludes halogenated alkanes) is 13. The van der Waals surface area contributed by atoms with Crippen LogP contribution in [0.25, 0.3) is 0 Å². The standard InChI is InChI=1S/C29H47ClO5/c1-2-3-4-5-6-7-10-13-18-23-34-28(31)21-14-11-8-9-12-15-22-29(32)35-25-24-33-27-20-17-16-19-26(27)30/h16-17,19-20H,2-15,18,21-25H2,1H3. The van der Waals surface area contributed by atoms with Crippen LogP contribution in [0.4, 0.5) is 0 Å². The lowest BCUT2D eigenvalue weighted by atomic mass is 10.1. The molecule has 1 aromatic rings. The van der Waals surface area contributed by atoms with Gasteiger partial charge in [0.05, 0.1) is 11.6 Å². The third-order valence-corrected chi connectivity index (χ3v) is 6.28. The van der Waals surface area contributed by atoms with Gasteiger partial charge in [0.15, 0.2) is 0 Å². The smallest absolute Gasteiger partial charge is 0.305 e. The van der Waals surface area contributed by atoms with Crippen LogP contribution < -0.4 is 4.74 Å². The molecular weight excluding hydrogens is 464 g/mol. The van der Waals surface area contributed by atoms with Crippen LogP contribution in [0.1, 0.15) is 116 Å². The highest BCUT2D eigenvalue weighted by atomic mass is 35.5. The quantitative estimate of drug-likeness (QED) is 0.109. The third kappa shape index (κ3) is 19.2. The monoisotopic (exact) mass is 510 g/mol. The van der Waals surface area contributed by atoms with E-state index < -0.39 is 0 Å². The Morgan fingerprint density at radius 1 is 0.629 bits per heavy atom. The zero-order valence-corrected chi connectivity index (χ0v) is 22.6. The van der Waals surface area contributed by atoms with Gasteiger partial charge in [-0.05, 0) is 31.4 Å². The van der Waals surface area contributed by atoms with E-state index in [0.29, 0.717) is 30.2 Å². The van der Waals surface area contributed by atoms with E-state index in [4.69, 9.17) is 25.8 Å². The van der Waals surface area contributed by atoms with Gasteiger partial charge in [-0.15, -0.1) is 0 Å². The topological polar surface area (TPSA) is 61.8 Å². The minimum Gasteiger partial charge on any atom is -0.488 e. The van der Waals surface area contributed by atoms with Crippen molar-refractivity contribution in [1.82, 2.24) is 0 Å². The molecule has 200 valence electrons. The van der Waals surface area contributed by atoms with Gasteiger partial charge in [0.2, 0.25) is 0 Å². The molecule has 6 heteroatoms. The van der Waals surface area contributed by atoms with Gasteiger partial charge in [0.1, 0.15) is 19.0 Å². The molecule has 5 nitrogen and oxygen atoms in total. The highest BCUT2D eigenvalue weighted by Crippen LogP contribution is 2.22. The van der Waals surface area contributed by atoms with E-state index >= 15 is 0 Å². The minimum atomic E-state index is -0.192. The van der Waals surface area contributed by atoms with Crippen molar-refractivity contribution < 1.29 is 23.8 Å². The molecule has 0 fully saturated rings. The summed E-state index contributed by atoms with van der Waals surface area (Å²) < 4.78 is 16.0. The zero-order valence-electron chi connectivity index (χ0n) is 21.9. The molecule has 0 aliphatic carbocycles. The van der Waals surface area contributed by atoms with Crippen LogP contribution in [0.2, 0.25) is 5.02 Å². The van der Waals surface area contributed by atoms with Crippen LogP contribution in [-0.4, -0.2) is 31.8 Å².